The van der Waals surface area contributed by atoms with Gasteiger partial charge in [-0.25, -0.2) is 4.79 Å². The highest BCUT2D eigenvalue weighted by molar-refractivity contribution is 6.31. The van der Waals surface area contributed by atoms with Gasteiger partial charge in [0, 0.05) is 12.6 Å². The Labute approximate surface area is 120 Å². The molecule has 20 heavy (non-hydrogen) atoms. The molecule has 3 N–H and O–H groups in total. The maximum absolute atomic E-state index is 11.9. The number of nitrogens with one attached hydrogen (secondary N) is 2. The molecule has 1 heterocycles. The number of aliphatic carboxylic acids is 1. The van der Waals surface area contributed by atoms with Crippen molar-refractivity contribution in [2.24, 2.45) is 0 Å². The smallest absolute Gasteiger partial charge is 0.326 e. The van der Waals surface area contributed by atoms with Crippen molar-refractivity contribution in [1.82, 2.24) is 10.3 Å². The Balaban J connectivity index is 2.06. The molecule has 0 bridgehead atoms. The van der Waals surface area contributed by atoms with E-state index in [-0.39, 0.29) is 12.1 Å². The molecule has 0 spiro atoms. The van der Waals surface area contributed by atoms with Gasteiger partial charge in [-0.15, -0.1) is 0 Å². The van der Waals surface area contributed by atoms with Crippen LogP contribution in [0.3, 0.4) is 0 Å². The first-order chi connectivity index (χ1) is 9.56. The zero-order valence-electron chi connectivity index (χ0n) is 10.5. The van der Waals surface area contributed by atoms with E-state index in [4.69, 9.17) is 11.6 Å². The lowest BCUT2D eigenvalue weighted by Crippen LogP contribution is -2.42. The average molecular weight is 293 g/mol. The van der Waals surface area contributed by atoms with Gasteiger partial charge in [0.1, 0.15) is 11.7 Å². The maximum atomic E-state index is 11.9. The van der Waals surface area contributed by atoms with Crippen LogP contribution in [-0.4, -0.2) is 28.0 Å². The van der Waals surface area contributed by atoms with Crippen molar-refractivity contribution >= 4 is 23.5 Å². The van der Waals surface area contributed by atoms with Crippen LogP contribution in [0.4, 0.5) is 0 Å². The molecule has 1 aromatic carbocycles. The number of amides is 1. The van der Waals surface area contributed by atoms with Gasteiger partial charge in [0.15, 0.2) is 0 Å². The minimum atomic E-state index is -1.08. The normalized spacial score (nSPS) is 11.8. The molecule has 5 nitrogen and oxygen atoms in total. The lowest BCUT2D eigenvalue weighted by atomic mass is 10.1. The highest BCUT2D eigenvalue weighted by Gasteiger charge is 2.21. The van der Waals surface area contributed by atoms with Crippen LogP contribution in [0.2, 0.25) is 5.02 Å². The Morgan fingerprint density at radius 1 is 1.30 bits per heavy atom. The highest BCUT2D eigenvalue weighted by Crippen LogP contribution is 2.10. The van der Waals surface area contributed by atoms with E-state index >= 15 is 0 Å². The number of carbonyl (C=O) groups excluding carboxylic acids is 1. The second-order valence-electron chi connectivity index (χ2n) is 4.29. The van der Waals surface area contributed by atoms with Crippen molar-refractivity contribution in [3.8, 4) is 0 Å². The van der Waals surface area contributed by atoms with Gasteiger partial charge in [-0.2, -0.15) is 0 Å². The fourth-order valence-corrected chi connectivity index (χ4v) is 1.95. The minimum absolute atomic E-state index is 0.219. The molecule has 2 aromatic rings. The van der Waals surface area contributed by atoms with Crippen LogP contribution >= 0.6 is 11.6 Å². The number of benzene rings is 1. The van der Waals surface area contributed by atoms with Gasteiger partial charge in [0.2, 0.25) is 0 Å². The van der Waals surface area contributed by atoms with Crippen LogP contribution in [0.25, 0.3) is 0 Å². The molecule has 0 aliphatic rings. The Hall–Kier alpha value is -2.27. The fourth-order valence-electron chi connectivity index (χ4n) is 1.78. The largest absolute Gasteiger partial charge is 0.480 e. The number of aromatic amines is 1. The van der Waals surface area contributed by atoms with E-state index in [9.17, 15) is 14.7 Å². The zero-order valence-corrected chi connectivity index (χ0v) is 11.2. The van der Waals surface area contributed by atoms with E-state index in [0.717, 1.165) is 5.56 Å². The summed E-state index contributed by atoms with van der Waals surface area (Å²) in [6.45, 7) is 0. The lowest BCUT2D eigenvalue weighted by Gasteiger charge is -2.14. The number of hydrogen-bond donors (Lipinski definition) is 3. The van der Waals surface area contributed by atoms with E-state index in [1.54, 1.807) is 0 Å². The number of aromatic nitrogens is 1. The predicted octanol–water partition coefficient (Wildman–Crippen LogP) is 2.09. The van der Waals surface area contributed by atoms with Crippen molar-refractivity contribution in [3.05, 3.63) is 58.9 Å². The fraction of sp³-hybridized carbons (Fsp3) is 0.143. The maximum Gasteiger partial charge on any atom is 0.326 e. The molecule has 0 radical (unpaired) electrons. The molecule has 0 saturated carbocycles. The number of rotatable bonds is 5. The summed E-state index contributed by atoms with van der Waals surface area (Å²) in [5.41, 5.74) is 1.07. The number of carboxylic acids is 1. The standard InChI is InChI=1S/C14H13ClN2O3/c15-10-7-11(16-8-10)13(18)17-12(14(19)20)6-9-4-2-1-3-5-9/h1-5,7-8,12,16H,6H2,(H,17,18)(H,19,20)/t12-/m0/s1. The summed E-state index contributed by atoms with van der Waals surface area (Å²) in [6, 6.07) is 9.56. The average Bonchev–Trinajstić information content (AvgIpc) is 2.86. The third-order valence-corrected chi connectivity index (χ3v) is 3.00. The Morgan fingerprint density at radius 3 is 2.55 bits per heavy atom. The molecule has 0 aliphatic heterocycles. The number of carboxylic acid groups (broad SMARTS) is 1. The summed E-state index contributed by atoms with van der Waals surface area (Å²) in [4.78, 5) is 25.8. The van der Waals surface area contributed by atoms with Gasteiger partial charge in [0.25, 0.3) is 5.91 Å². The van der Waals surface area contributed by atoms with Crippen LogP contribution < -0.4 is 5.32 Å². The van der Waals surface area contributed by atoms with E-state index in [2.05, 4.69) is 10.3 Å². The molecule has 104 valence electrons. The van der Waals surface area contributed by atoms with E-state index in [1.165, 1.54) is 12.3 Å². The van der Waals surface area contributed by atoms with E-state index < -0.39 is 17.9 Å². The molecule has 0 aliphatic carbocycles. The molecule has 2 rings (SSSR count). The van der Waals surface area contributed by atoms with Gasteiger partial charge in [0.05, 0.1) is 5.02 Å². The lowest BCUT2D eigenvalue weighted by molar-refractivity contribution is -0.139. The van der Waals surface area contributed by atoms with Crippen molar-refractivity contribution < 1.29 is 14.7 Å². The summed E-state index contributed by atoms with van der Waals surface area (Å²) >= 11 is 5.71. The molecule has 6 heteroatoms. The Kier molecular flexibility index (Phi) is 4.42. The molecule has 0 unspecified atom stereocenters. The number of carbonyl (C=O) groups is 2. The van der Waals surface area contributed by atoms with E-state index in [1.807, 2.05) is 30.3 Å². The van der Waals surface area contributed by atoms with Gasteiger partial charge in [-0.3, -0.25) is 4.79 Å². The summed E-state index contributed by atoms with van der Waals surface area (Å²) in [7, 11) is 0. The quantitative estimate of drug-likeness (QED) is 0.789. The third kappa shape index (κ3) is 3.61. The van der Waals surface area contributed by atoms with Crippen LogP contribution in [0.15, 0.2) is 42.6 Å². The first kappa shape index (κ1) is 14.1. The van der Waals surface area contributed by atoms with Gasteiger partial charge in [-0.05, 0) is 11.6 Å². The molecular weight excluding hydrogens is 280 g/mol. The van der Waals surface area contributed by atoms with Crippen molar-refractivity contribution in [2.45, 2.75) is 12.5 Å². The second kappa shape index (κ2) is 6.25. The summed E-state index contributed by atoms with van der Waals surface area (Å²) < 4.78 is 0. The summed E-state index contributed by atoms with van der Waals surface area (Å²) in [6.07, 6.45) is 1.68. The van der Waals surface area contributed by atoms with Gasteiger partial charge >= 0.3 is 5.97 Å². The number of halogens is 1. The van der Waals surface area contributed by atoms with Crippen LogP contribution in [0.5, 0.6) is 0 Å². The molecule has 0 fully saturated rings. The molecule has 1 aromatic heterocycles. The molecule has 0 saturated heterocycles. The molecule has 1 amide bonds. The zero-order chi connectivity index (χ0) is 14.5. The first-order valence-electron chi connectivity index (χ1n) is 5.98. The monoisotopic (exact) mass is 292 g/mol. The summed E-state index contributed by atoms with van der Waals surface area (Å²) in [5, 5.41) is 12.0. The van der Waals surface area contributed by atoms with Crippen LogP contribution in [-0.2, 0) is 11.2 Å². The summed E-state index contributed by atoms with van der Waals surface area (Å²) in [5.74, 6) is -1.58. The van der Waals surface area contributed by atoms with Gasteiger partial charge in [-0.1, -0.05) is 41.9 Å². The van der Waals surface area contributed by atoms with Crippen LogP contribution in [0, 0.1) is 0 Å². The second-order valence-corrected chi connectivity index (χ2v) is 4.72. The highest BCUT2D eigenvalue weighted by atomic mass is 35.5. The number of H-pyrrole nitrogens is 1. The van der Waals surface area contributed by atoms with E-state index in [0.29, 0.717) is 5.02 Å². The predicted molar refractivity (Wildman–Crippen MR) is 74.8 cm³/mol. The minimum Gasteiger partial charge on any atom is -0.480 e. The Bertz CT molecular complexity index is 610. The van der Waals surface area contributed by atoms with Crippen molar-refractivity contribution in [1.29, 1.82) is 0 Å². The van der Waals surface area contributed by atoms with Crippen molar-refractivity contribution in [3.63, 3.8) is 0 Å². The Morgan fingerprint density at radius 2 is 2.00 bits per heavy atom. The molecular formula is C14H13ClN2O3. The topological polar surface area (TPSA) is 82.2 Å². The molecule has 1 atom stereocenters. The van der Waals surface area contributed by atoms with Crippen LogP contribution in [0.1, 0.15) is 16.1 Å². The SMILES string of the molecule is O=C(N[C@@H](Cc1ccccc1)C(=O)O)c1cc(Cl)c[nH]1. The third-order valence-electron chi connectivity index (χ3n) is 2.78. The van der Waals surface area contributed by atoms with Gasteiger partial charge < -0.3 is 15.4 Å². The van der Waals surface area contributed by atoms with Crippen molar-refractivity contribution in [2.75, 3.05) is 0 Å². The number of hydrogen-bond acceptors (Lipinski definition) is 2. The first-order valence-corrected chi connectivity index (χ1v) is 6.35.